The fourth-order valence-electron chi connectivity index (χ4n) is 3.50. The SMILES string of the molecule is COc1ccc(Br)c(CN2C3CCC2CC(O)C3)c1. The molecule has 104 valence electrons. The Labute approximate surface area is 122 Å². The Hall–Kier alpha value is -0.580. The van der Waals surface area contributed by atoms with Gasteiger partial charge in [-0.25, -0.2) is 0 Å². The lowest BCUT2D eigenvalue weighted by Crippen LogP contribution is -2.44. The maximum Gasteiger partial charge on any atom is 0.119 e. The largest absolute Gasteiger partial charge is 0.497 e. The Morgan fingerprint density at radius 3 is 2.63 bits per heavy atom. The fourth-order valence-corrected chi connectivity index (χ4v) is 3.87. The van der Waals surface area contributed by atoms with Gasteiger partial charge in [-0.2, -0.15) is 0 Å². The summed E-state index contributed by atoms with van der Waals surface area (Å²) in [6.45, 7) is 0.944. The average Bonchev–Trinajstić information content (AvgIpc) is 2.64. The van der Waals surface area contributed by atoms with Crippen molar-refractivity contribution in [2.24, 2.45) is 0 Å². The molecule has 0 amide bonds. The van der Waals surface area contributed by atoms with Gasteiger partial charge in [-0.3, -0.25) is 4.90 Å². The minimum absolute atomic E-state index is 0.0949. The Bertz CT molecular complexity index is 451. The summed E-state index contributed by atoms with van der Waals surface area (Å²) in [7, 11) is 1.70. The zero-order valence-corrected chi connectivity index (χ0v) is 12.8. The van der Waals surface area contributed by atoms with E-state index in [4.69, 9.17) is 4.74 Å². The van der Waals surface area contributed by atoms with Crippen LogP contribution in [-0.2, 0) is 6.54 Å². The Morgan fingerprint density at radius 2 is 2.00 bits per heavy atom. The van der Waals surface area contributed by atoms with Gasteiger partial charge in [0.25, 0.3) is 0 Å². The van der Waals surface area contributed by atoms with Gasteiger partial charge in [0.2, 0.25) is 0 Å². The Balaban J connectivity index is 1.78. The van der Waals surface area contributed by atoms with Crippen molar-refractivity contribution in [2.75, 3.05) is 7.11 Å². The molecule has 0 aliphatic carbocycles. The van der Waals surface area contributed by atoms with Crippen molar-refractivity contribution in [3.05, 3.63) is 28.2 Å². The van der Waals surface area contributed by atoms with Crippen LogP contribution in [0.5, 0.6) is 5.75 Å². The lowest BCUT2D eigenvalue weighted by Gasteiger charge is -2.37. The normalized spacial score (nSPS) is 30.6. The second kappa shape index (κ2) is 5.43. The van der Waals surface area contributed by atoms with Crippen LogP contribution < -0.4 is 4.74 Å². The molecule has 19 heavy (non-hydrogen) atoms. The van der Waals surface area contributed by atoms with Crippen LogP contribution in [0.25, 0.3) is 0 Å². The third kappa shape index (κ3) is 2.67. The number of rotatable bonds is 3. The standard InChI is InChI=1S/C15H20BrNO2/c1-19-14-4-5-15(16)10(6-14)9-17-11-2-3-12(17)8-13(18)7-11/h4-6,11-13,18H,2-3,7-9H2,1H3. The summed E-state index contributed by atoms with van der Waals surface area (Å²) < 4.78 is 6.44. The molecule has 1 N–H and O–H groups in total. The van der Waals surface area contributed by atoms with Crippen LogP contribution in [0.4, 0.5) is 0 Å². The van der Waals surface area contributed by atoms with E-state index in [1.54, 1.807) is 7.11 Å². The molecule has 2 unspecified atom stereocenters. The van der Waals surface area contributed by atoms with Gasteiger partial charge in [0.1, 0.15) is 5.75 Å². The van der Waals surface area contributed by atoms with E-state index in [0.717, 1.165) is 29.6 Å². The van der Waals surface area contributed by atoms with Crippen molar-refractivity contribution in [2.45, 2.75) is 50.4 Å². The highest BCUT2D eigenvalue weighted by Gasteiger charge is 2.40. The molecule has 2 saturated heterocycles. The molecule has 3 rings (SSSR count). The lowest BCUT2D eigenvalue weighted by atomic mass is 9.99. The van der Waals surface area contributed by atoms with E-state index in [2.05, 4.69) is 33.0 Å². The third-order valence-electron chi connectivity index (χ3n) is 4.47. The predicted molar refractivity (Wildman–Crippen MR) is 78.3 cm³/mol. The van der Waals surface area contributed by atoms with E-state index in [1.807, 2.05) is 6.07 Å². The topological polar surface area (TPSA) is 32.7 Å². The summed E-state index contributed by atoms with van der Waals surface area (Å²) in [5.41, 5.74) is 1.27. The van der Waals surface area contributed by atoms with E-state index < -0.39 is 0 Å². The van der Waals surface area contributed by atoms with Crippen LogP contribution in [0.1, 0.15) is 31.2 Å². The van der Waals surface area contributed by atoms with Crippen LogP contribution >= 0.6 is 15.9 Å². The molecule has 0 saturated carbocycles. The van der Waals surface area contributed by atoms with Crippen molar-refractivity contribution in [1.29, 1.82) is 0 Å². The van der Waals surface area contributed by atoms with Crippen LogP contribution in [0.15, 0.2) is 22.7 Å². The molecule has 2 bridgehead atoms. The van der Waals surface area contributed by atoms with E-state index in [-0.39, 0.29) is 6.10 Å². The summed E-state index contributed by atoms with van der Waals surface area (Å²) in [6.07, 6.45) is 4.21. The predicted octanol–water partition coefficient (Wildman–Crippen LogP) is 2.95. The fraction of sp³-hybridized carbons (Fsp3) is 0.600. The summed E-state index contributed by atoms with van der Waals surface area (Å²) in [5.74, 6) is 0.905. The highest BCUT2D eigenvalue weighted by Crippen LogP contribution is 2.37. The number of benzene rings is 1. The molecule has 0 radical (unpaired) electrons. The first-order chi connectivity index (χ1) is 9.17. The van der Waals surface area contributed by atoms with Gasteiger partial charge in [-0.15, -0.1) is 0 Å². The van der Waals surface area contributed by atoms with E-state index in [0.29, 0.717) is 12.1 Å². The van der Waals surface area contributed by atoms with Crippen molar-refractivity contribution in [1.82, 2.24) is 4.90 Å². The third-order valence-corrected chi connectivity index (χ3v) is 5.24. The molecule has 0 aromatic heterocycles. The van der Waals surface area contributed by atoms with Crippen molar-refractivity contribution in [3.63, 3.8) is 0 Å². The molecule has 3 nitrogen and oxygen atoms in total. The van der Waals surface area contributed by atoms with Crippen LogP contribution in [0.3, 0.4) is 0 Å². The zero-order valence-electron chi connectivity index (χ0n) is 11.2. The van der Waals surface area contributed by atoms with Gasteiger partial charge >= 0.3 is 0 Å². The lowest BCUT2D eigenvalue weighted by molar-refractivity contribution is 0.0309. The average molecular weight is 326 g/mol. The maximum absolute atomic E-state index is 9.85. The molecule has 0 spiro atoms. The van der Waals surface area contributed by atoms with Crippen molar-refractivity contribution >= 4 is 15.9 Å². The number of halogens is 1. The number of aliphatic hydroxyl groups excluding tert-OH is 1. The van der Waals surface area contributed by atoms with Crippen LogP contribution in [0, 0.1) is 0 Å². The molecule has 4 heteroatoms. The van der Waals surface area contributed by atoms with E-state index in [1.165, 1.54) is 18.4 Å². The Morgan fingerprint density at radius 1 is 1.32 bits per heavy atom. The molecule has 2 heterocycles. The molecular weight excluding hydrogens is 306 g/mol. The summed E-state index contributed by atoms with van der Waals surface area (Å²) >= 11 is 3.63. The number of ether oxygens (including phenoxy) is 1. The molecule has 1 aromatic rings. The molecule has 2 atom stereocenters. The quantitative estimate of drug-likeness (QED) is 0.927. The molecule has 1 aromatic carbocycles. The van der Waals surface area contributed by atoms with Crippen molar-refractivity contribution in [3.8, 4) is 5.75 Å². The number of nitrogens with zero attached hydrogens (tertiary/aromatic N) is 1. The van der Waals surface area contributed by atoms with Gasteiger partial charge in [0, 0.05) is 23.1 Å². The zero-order chi connectivity index (χ0) is 13.4. The first-order valence-corrected chi connectivity index (χ1v) is 7.73. The first kappa shape index (κ1) is 13.4. The smallest absolute Gasteiger partial charge is 0.119 e. The van der Waals surface area contributed by atoms with Gasteiger partial charge in [0.15, 0.2) is 0 Å². The van der Waals surface area contributed by atoms with Gasteiger partial charge in [-0.05, 0) is 49.4 Å². The maximum atomic E-state index is 9.85. The number of fused-ring (bicyclic) bond motifs is 2. The van der Waals surface area contributed by atoms with Gasteiger partial charge < -0.3 is 9.84 Å². The first-order valence-electron chi connectivity index (χ1n) is 6.93. The number of hydrogen-bond donors (Lipinski definition) is 1. The minimum atomic E-state index is -0.0949. The molecular formula is C15H20BrNO2. The number of piperidine rings is 1. The van der Waals surface area contributed by atoms with Crippen LogP contribution in [0.2, 0.25) is 0 Å². The minimum Gasteiger partial charge on any atom is -0.497 e. The van der Waals surface area contributed by atoms with E-state index in [9.17, 15) is 5.11 Å². The monoisotopic (exact) mass is 325 g/mol. The van der Waals surface area contributed by atoms with Crippen LogP contribution in [-0.4, -0.2) is 35.3 Å². The van der Waals surface area contributed by atoms with Gasteiger partial charge in [-0.1, -0.05) is 15.9 Å². The highest BCUT2D eigenvalue weighted by atomic mass is 79.9. The van der Waals surface area contributed by atoms with E-state index >= 15 is 0 Å². The Kier molecular flexibility index (Phi) is 3.83. The molecule has 2 aliphatic heterocycles. The number of methoxy groups -OCH3 is 1. The van der Waals surface area contributed by atoms with Gasteiger partial charge in [0.05, 0.1) is 13.2 Å². The highest BCUT2D eigenvalue weighted by molar-refractivity contribution is 9.10. The second-order valence-electron chi connectivity index (χ2n) is 5.64. The molecule has 2 aliphatic rings. The molecule has 2 fully saturated rings. The summed E-state index contributed by atoms with van der Waals surface area (Å²) in [5, 5.41) is 9.85. The second-order valence-corrected chi connectivity index (χ2v) is 6.49. The number of hydrogen-bond acceptors (Lipinski definition) is 3. The number of aliphatic hydroxyl groups is 1. The van der Waals surface area contributed by atoms with Crippen molar-refractivity contribution < 1.29 is 9.84 Å². The summed E-state index contributed by atoms with van der Waals surface area (Å²) in [4.78, 5) is 2.56. The summed E-state index contributed by atoms with van der Waals surface area (Å²) in [6, 6.07) is 7.23.